The Morgan fingerprint density at radius 2 is 2.10 bits per heavy atom. The van der Waals surface area contributed by atoms with Crippen LogP contribution in [0.4, 0.5) is 0 Å². The average Bonchev–Trinajstić information content (AvgIpc) is 2.63. The second kappa shape index (κ2) is 5.61. The summed E-state index contributed by atoms with van der Waals surface area (Å²) in [5, 5.41) is 10.2. The second-order valence-electron chi connectivity index (χ2n) is 5.20. The fourth-order valence-corrected chi connectivity index (χ4v) is 3.79. The maximum Gasteiger partial charge on any atom is 0.276 e. The van der Waals surface area contributed by atoms with Crippen LogP contribution >= 0.6 is 24.0 Å². The number of nitrogens with zero attached hydrogens (tertiary/aromatic N) is 2. The Bertz CT molecular complexity index is 558. The molecule has 0 spiro atoms. The normalized spacial score (nSPS) is 22.2. The first-order valence-corrected chi connectivity index (χ1v) is 7.56. The van der Waals surface area contributed by atoms with Gasteiger partial charge in [0.2, 0.25) is 6.21 Å². The minimum absolute atomic E-state index is 0.162. The van der Waals surface area contributed by atoms with Crippen molar-refractivity contribution in [3.63, 3.8) is 0 Å². The molecule has 1 aromatic carbocycles. The molecular weight excluding hydrogens is 292 g/mol. The summed E-state index contributed by atoms with van der Waals surface area (Å²) in [4.78, 5) is 2.01. The molecule has 1 aliphatic rings. The van der Waals surface area contributed by atoms with Crippen LogP contribution in [0.3, 0.4) is 0 Å². The van der Waals surface area contributed by atoms with Crippen molar-refractivity contribution < 1.29 is 14.7 Å². The van der Waals surface area contributed by atoms with Crippen LogP contribution in [-0.2, 0) is 0 Å². The van der Waals surface area contributed by atoms with Gasteiger partial charge in [0.1, 0.15) is 15.6 Å². The van der Waals surface area contributed by atoms with Gasteiger partial charge < -0.3 is 9.64 Å². The quantitative estimate of drug-likeness (QED) is 0.305. The van der Waals surface area contributed by atoms with Gasteiger partial charge in [-0.1, -0.05) is 24.4 Å². The maximum absolute atomic E-state index is 10.4. The molecule has 0 saturated carbocycles. The van der Waals surface area contributed by atoms with E-state index in [1.54, 1.807) is 13.3 Å². The Morgan fingerprint density at radius 3 is 2.65 bits per heavy atom. The lowest BCUT2D eigenvalue weighted by molar-refractivity contribution is -0.785. The number of ether oxygens (including phenoxy) is 1. The molecule has 1 heterocycles. The van der Waals surface area contributed by atoms with Gasteiger partial charge >= 0.3 is 0 Å². The minimum atomic E-state index is -0.255. The van der Waals surface area contributed by atoms with E-state index in [1.807, 2.05) is 36.2 Å². The summed E-state index contributed by atoms with van der Waals surface area (Å²) in [5.41, 5.74) is 0.573. The highest BCUT2D eigenvalue weighted by atomic mass is 32.2. The lowest BCUT2D eigenvalue weighted by atomic mass is 10.0. The van der Waals surface area contributed by atoms with Crippen LogP contribution in [-0.4, -0.2) is 50.5 Å². The zero-order chi connectivity index (χ0) is 14.9. The van der Waals surface area contributed by atoms with E-state index < -0.39 is 0 Å². The predicted octanol–water partition coefficient (Wildman–Crippen LogP) is 2.58. The van der Waals surface area contributed by atoms with Gasteiger partial charge in [-0.2, -0.15) is 0 Å². The SMILES string of the molecule is COc1ccccc1C=[N+](O)C1SC(=S)N(C)C1(C)C. The summed E-state index contributed by atoms with van der Waals surface area (Å²) in [5.74, 6) is 0.725. The topological polar surface area (TPSA) is 35.7 Å². The van der Waals surface area contributed by atoms with Crippen LogP contribution in [0.15, 0.2) is 24.3 Å². The van der Waals surface area contributed by atoms with Gasteiger partial charge in [0.15, 0.2) is 0 Å². The monoisotopic (exact) mass is 311 g/mol. The van der Waals surface area contributed by atoms with Crippen LogP contribution in [0.25, 0.3) is 0 Å². The molecule has 2 rings (SSSR count). The van der Waals surface area contributed by atoms with Crippen molar-refractivity contribution in [1.29, 1.82) is 0 Å². The van der Waals surface area contributed by atoms with E-state index in [2.05, 4.69) is 13.8 Å². The molecule has 0 bridgehead atoms. The number of para-hydroxylation sites is 1. The first-order valence-electron chi connectivity index (χ1n) is 6.27. The lowest BCUT2D eigenvalue weighted by Crippen LogP contribution is -2.47. The third kappa shape index (κ3) is 2.62. The van der Waals surface area contributed by atoms with Crippen molar-refractivity contribution in [2.45, 2.75) is 24.8 Å². The van der Waals surface area contributed by atoms with Crippen LogP contribution in [0.2, 0.25) is 0 Å². The zero-order valence-corrected chi connectivity index (χ0v) is 13.7. The number of hydrogen-bond acceptors (Lipinski definition) is 4. The summed E-state index contributed by atoms with van der Waals surface area (Å²) >= 11 is 6.80. The van der Waals surface area contributed by atoms with Crippen molar-refractivity contribution in [1.82, 2.24) is 4.90 Å². The predicted molar refractivity (Wildman–Crippen MR) is 86.0 cm³/mol. The average molecular weight is 311 g/mol. The molecule has 0 aromatic heterocycles. The van der Waals surface area contributed by atoms with Gasteiger partial charge in [0, 0.05) is 7.05 Å². The molecule has 6 heteroatoms. The first kappa shape index (κ1) is 15.1. The van der Waals surface area contributed by atoms with E-state index >= 15 is 0 Å². The number of hydrogen-bond donors (Lipinski definition) is 1. The summed E-state index contributed by atoms with van der Waals surface area (Å²) in [6, 6.07) is 7.57. The van der Waals surface area contributed by atoms with Crippen LogP contribution in [0, 0.1) is 0 Å². The molecule has 4 nitrogen and oxygen atoms in total. The van der Waals surface area contributed by atoms with Crippen LogP contribution in [0.1, 0.15) is 19.4 Å². The molecule has 1 saturated heterocycles. The Hall–Kier alpha value is -1.27. The number of methoxy groups -OCH3 is 1. The molecule has 1 unspecified atom stereocenters. The lowest BCUT2D eigenvalue weighted by Gasteiger charge is -2.28. The number of rotatable bonds is 3. The fourth-order valence-electron chi connectivity index (χ4n) is 2.08. The number of hydroxylamine groups is 1. The van der Waals surface area contributed by atoms with Crippen molar-refractivity contribution in [3.05, 3.63) is 29.8 Å². The Morgan fingerprint density at radius 1 is 1.45 bits per heavy atom. The van der Waals surface area contributed by atoms with Gasteiger partial charge in [-0.15, -0.1) is 0 Å². The second-order valence-corrected chi connectivity index (χ2v) is 6.91. The molecular formula is C14H19N2O2S2+. The number of likely N-dealkylation sites (N-methyl/N-ethyl adjacent to an activating group) is 1. The van der Waals surface area contributed by atoms with Gasteiger partial charge in [-0.3, -0.25) is 5.21 Å². The van der Waals surface area contributed by atoms with Crippen LogP contribution in [0.5, 0.6) is 5.75 Å². The highest BCUT2D eigenvalue weighted by Gasteiger charge is 2.51. The highest BCUT2D eigenvalue weighted by Crippen LogP contribution is 2.38. The van der Waals surface area contributed by atoms with Crippen molar-refractivity contribution in [2.75, 3.05) is 14.2 Å². The first-order chi connectivity index (χ1) is 9.37. The number of benzene rings is 1. The minimum Gasteiger partial charge on any atom is -0.496 e. The van der Waals surface area contributed by atoms with E-state index in [0.717, 1.165) is 15.6 Å². The van der Waals surface area contributed by atoms with Gasteiger partial charge in [0.25, 0.3) is 5.37 Å². The number of thioether (sulfide) groups is 1. The van der Waals surface area contributed by atoms with E-state index in [-0.39, 0.29) is 10.9 Å². The fraction of sp³-hybridized carbons (Fsp3) is 0.429. The van der Waals surface area contributed by atoms with E-state index in [4.69, 9.17) is 17.0 Å². The zero-order valence-electron chi connectivity index (χ0n) is 12.0. The van der Waals surface area contributed by atoms with Gasteiger partial charge in [0.05, 0.1) is 12.7 Å². The standard InChI is InChI=1S/C14H19N2O2S2/c1-14(2)12(20-13(19)15(14)3)16(17)9-10-7-5-6-8-11(10)18-4/h5-9,12,17H,1-4H3/q+1. The maximum atomic E-state index is 10.4. The molecule has 1 atom stereocenters. The smallest absolute Gasteiger partial charge is 0.276 e. The molecule has 0 amide bonds. The Kier molecular flexibility index (Phi) is 4.25. The summed E-state index contributed by atoms with van der Waals surface area (Å²) in [7, 11) is 3.57. The molecule has 0 radical (unpaired) electrons. The van der Waals surface area contributed by atoms with Crippen LogP contribution < -0.4 is 4.74 Å². The molecule has 0 aliphatic carbocycles. The molecule has 20 heavy (non-hydrogen) atoms. The van der Waals surface area contributed by atoms with E-state index in [0.29, 0.717) is 0 Å². The van der Waals surface area contributed by atoms with E-state index in [1.165, 1.54) is 16.5 Å². The molecule has 1 aromatic rings. The van der Waals surface area contributed by atoms with Crippen molar-refractivity contribution in [3.8, 4) is 5.75 Å². The van der Waals surface area contributed by atoms with Crippen molar-refractivity contribution in [2.24, 2.45) is 0 Å². The molecule has 1 N–H and O–H groups in total. The summed E-state index contributed by atoms with van der Waals surface area (Å²) < 4.78 is 7.30. The van der Waals surface area contributed by atoms with E-state index in [9.17, 15) is 5.21 Å². The third-order valence-electron chi connectivity index (χ3n) is 3.61. The summed E-state index contributed by atoms with van der Waals surface area (Å²) in [6.45, 7) is 4.12. The Balaban J connectivity index is 2.34. The van der Waals surface area contributed by atoms with Crippen molar-refractivity contribution >= 4 is 34.5 Å². The summed E-state index contributed by atoms with van der Waals surface area (Å²) in [6.07, 6.45) is 1.68. The highest BCUT2D eigenvalue weighted by molar-refractivity contribution is 8.23. The van der Waals surface area contributed by atoms with Gasteiger partial charge in [-0.25, -0.2) is 0 Å². The number of thiocarbonyl (C=S) groups is 1. The third-order valence-corrected chi connectivity index (χ3v) is 5.66. The van der Waals surface area contributed by atoms with Gasteiger partial charge in [-0.05, 0) is 42.5 Å². The Labute approximate surface area is 129 Å². The molecule has 1 aliphatic heterocycles. The molecule has 1 fully saturated rings. The largest absolute Gasteiger partial charge is 0.496 e. The molecule has 108 valence electrons.